The van der Waals surface area contributed by atoms with E-state index in [9.17, 15) is 9.59 Å². The molecule has 1 N–H and O–H groups in total. The fraction of sp³-hybridized carbons (Fsp3) is 0.355. The summed E-state index contributed by atoms with van der Waals surface area (Å²) in [5, 5.41) is 3.26. The van der Waals surface area contributed by atoms with Crippen molar-refractivity contribution in [1.82, 2.24) is 10.2 Å². The van der Waals surface area contributed by atoms with E-state index in [2.05, 4.69) is 21.2 Å². The van der Waals surface area contributed by atoms with Gasteiger partial charge in [-0.1, -0.05) is 77.3 Å². The number of ether oxygens (including phenoxy) is 2. The van der Waals surface area contributed by atoms with Crippen LogP contribution < -0.4 is 14.8 Å². The van der Waals surface area contributed by atoms with Crippen LogP contribution in [0.1, 0.15) is 48.8 Å². The molecule has 3 aromatic rings. The summed E-state index contributed by atoms with van der Waals surface area (Å²) < 4.78 is 11.9. The molecule has 38 heavy (non-hydrogen) atoms. The summed E-state index contributed by atoms with van der Waals surface area (Å²) >= 11 is 3.49. The molecule has 1 atom stereocenters. The van der Waals surface area contributed by atoms with Crippen molar-refractivity contribution in [2.75, 3.05) is 6.79 Å². The molecule has 0 unspecified atom stereocenters. The Morgan fingerprint density at radius 1 is 0.895 bits per heavy atom. The van der Waals surface area contributed by atoms with Crippen LogP contribution >= 0.6 is 15.9 Å². The van der Waals surface area contributed by atoms with Crippen molar-refractivity contribution in [3.63, 3.8) is 0 Å². The average molecular weight is 578 g/mol. The zero-order valence-electron chi connectivity index (χ0n) is 21.4. The molecule has 198 valence electrons. The minimum atomic E-state index is -0.606. The van der Waals surface area contributed by atoms with Crippen LogP contribution in [0.5, 0.6) is 11.5 Å². The number of nitrogens with zero attached hydrogens (tertiary/aromatic N) is 1. The van der Waals surface area contributed by atoms with Gasteiger partial charge in [0.25, 0.3) is 0 Å². The monoisotopic (exact) mass is 576 g/mol. The minimum absolute atomic E-state index is 0.0481. The Morgan fingerprint density at radius 3 is 2.37 bits per heavy atom. The molecule has 7 heteroatoms. The second-order valence-corrected chi connectivity index (χ2v) is 10.9. The number of rotatable bonds is 10. The van der Waals surface area contributed by atoms with Crippen molar-refractivity contribution in [1.29, 1.82) is 0 Å². The van der Waals surface area contributed by atoms with E-state index in [1.165, 1.54) is 0 Å². The number of carbonyl (C=O) groups excluding carboxylic acids is 2. The first kappa shape index (κ1) is 26.3. The van der Waals surface area contributed by atoms with Crippen molar-refractivity contribution in [2.45, 2.75) is 63.6 Å². The lowest BCUT2D eigenvalue weighted by Crippen LogP contribution is -2.52. The Bertz CT molecular complexity index is 1240. The van der Waals surface area contributed by atoms with Crippen molar-refractivity contribution >= 4 is 27.7 Å². The van der Waals surface area contributed by atoms with Crippen LogP contribution in [0.25, 0.3) is 0 Å². The van der Waals surface area contributed by atoms with E-state index in [0.29, 0.717) is 25.1 Å². The van der Waals surface area contributed by atoms with Gasteiger partial charge in [0.15, 0.2) is 11.5 Å². The molecule has 0 saturated heterocycles. The number of carbonyl (C=O) groups is 2. The van der Waals surface area contributed by atoms with Gasteiger partial charge in [-0.2, -0.15) is 0 Å². The van der Waals surface area contributed by atoms with Crippen LogP contribution in [-0.4, -0.2) is 35.6 Å². The van der Waals surface area contributed by atoms with Crippen LogP contribution in [0.2, 0.25) is 0 Å². The molecule has 0 radical (unpaired) electrons. The van der Waals surface area contributed by atoms with E-state index < -0.39 is 6.04 Å². The van der Waals surface area contributed by atoms with Crippen molar-refractivity contribution < 1.29 is 19.1 Å². The van der Waals surface area contributed by atoms with E-state index in [4.69, 9.17) is 9.47 Å². The lowest BCUT2D eigenvalue weighted by molar-refractivity contribution is -0.141. The SMILES string of the molecule is O=C(NC1CCCC1)[C@@H](Cc1ccccc1)N(Cc1ccc(Br)cc1)C(=O)CCc1ccc2c(c1)OCO2. The smallest absolute Gasteiger partial charge is 0.243 e. The summed E-state index contributed by atoms with van der Waals surface area (Å²) in [5.41, 5.74) is 3.01. The molecule has 2 amide bonds. The predicted octanol–water partition coefficient (Wildman–Crippen LogP) is 5.81. The molecule has 2 aliphatic rings. The molecule has 1 fully saturated rings. The Hall–Kier alpha value is -3.32. The lowest BCUT2D eigenvalue weighted by atomic mass is 10.0. The number of aryl methyl sites for hydroxylation is 1. The number of benzene rings is 3. The molecule has 0 aromatic heterocycles. The van der Waals surface area contributed by atoms with Gasteiger partial charge >= 0.3 is 0 Å². The standard InChI is InChI=1S/C31H33BrN2O4/c32-25-14-10-24(11-15-25)20-34(30(35)17-13-23-12-16-28-29(19-23)38-21-37-28)27(18-22-6-2-1-3-7-22)31(36)33-26-8-4-5-9-26/h1-3,6-7,10-12,14-16,19,26-27H,4-5,8-9,13,17-18,20-21H2,(H,33,36)/t27-/m1/s1. The number of amides is 2. The van der Waals surface area contributed by atoms with Crippen molar-refractivity contribution in [3.05, 3.63) is 94.0 Å². The third kappa shape index (κ3) is 6.76. The van der Waals surface area contributed by atoms with Gasteiger partial charge in [0.05, 0.1) is 0 Å². The highest BCUT2D eigenvalue weighted by molar-refractivity contribution is 9.10. The normalized spacial score (nSPS) is 15.3. The Labute approximate surface area is 232 Å². The first-order chi connectivity index (χ1) is 18.5. The van der Waals surface area contributed by atoms with Crippen LogP contribution in [-0.2, 0) is 29.0 Å². The second-order valence-electron chi connectivity index (χ2n) is 10.0. The first-order valence-corrected chi connectivity index (χ1v) is 14.1. The minimum Gasteiger partial charge on any atom is -0.454 e. The summed E-state index contributed by atoms with van der Waals surface area (Å²) in [6.07, 6.45) is 5.55. The van der Waals surface area contributed by atoms with E-state index in [1.54, 1.807) is 4.90 Å². The van der Waals surface area contributed by atoms with Crippen molar-refractivity contribution in [3.8, 4) is 11.5 Å². The van der Waals surface area contributed by atoms with Gasteiger partial charge in [-0.25, -0.2) is 0 Å². The zero-order chi connectivity index (χ0) is 26.3. The summed E-state index contributed by atoms with van der Waals surface area (Å²) in [5.74, 6) is 1.31. The highest BCUT2D eigenvalue weighted by Crippen LogP contribution is 2.33. The van der Waals surface area contributed by atoms with Crippen LogP contribution in [0.4, 0.5) is 0 Å². The quantitative estimate of drug-likeness (QED) is 0.331. The van der Waals surface area contributed by atoms with Gasteiger partial charge < -0.3 is 19.7 Å². The summed E-state index contributed by atoms with van der Waals surface area (Å²) in [4.78, 5) is 29.4. The zero-order valence-corrected chi connectivity index (χ0v) is 23.0. The molecular weight excluding hydrogens is 544 g/mol. The molecule has 0 spiro atoms. The Balaban J connectivity index is 1.39. The highest BCUT2D eigenvalue weighted by atomic mass is 79.9. The Kier molecular flexibility index (Phi) is 8.64. The predicted molar refractivity (Wildman–Crippen MR) is 150 cm³/mol. The van der Waals surface area contributed by atoms with E-state index in [-0.39, 0.29) is 31.1 Å². The van der Waals surface area contributed by atoms with Gasteiger partial charge in [-0.05, 0) is 60.2 Å². The second kappa shape index (κ2) is 12.5. The number of halogens is 1. The van der Waals surface area contributed by atoms with E-state index in [0.717, 1.165) is 52.6 Å². The van der Waals surface area contributed by atoms with Crippen LogP contribution in [0, 0.1) is 0 Å². The average Bonchev–Trinajstić information content (AvgIpc) is 3.62. The molecule has 1 saturated carbocycles. The summed E-state index contributed by atoms with van der Waals surface area (Å²) in [7, 11) is 0. The molecule has 1 aliphatic carbocycles. The molecule has 1 heterocycles. The molecule has 3 aromatic carbocycles. The van der Waals surface area contributed by atoms with Gasteiger partial charge in [0.1, 0.15) is 6.04 Å². The first-order valence-electron chi connectivity index (χ1n) is 13.3. The fourth-order valence-electron chi connectivity index (χ4n) is 5.20. The number of hydrogen-bond donors (Lipinski definition) is 1. The molecule has 0 bridgehead atoms. The number of nitrogens with one attached hydrogen (secondary N) is 1. The molecule has 5 rings (SSSR count). The lowest BCUT2D eigenvalue weighted by Gasteiger charge is -2.32. The van der Waals surface area contributed by atoms with Crippen LogP contribution in [0.3, 0.4) is 0 Å². The number of fused-ring (bicyclic) bond motifs is 1. The fourth-order valence-corrected chi connectivity index (χ4v) is 5.46. The maximum Gasteiger partial charge on any atom is 0.243 e. The number of hydrogen-bond acceptors (Lipinski definition) is 4. The largest absolute Gasteiger partial charge is 0.454 e. The maximum absolute atomic E-state index is 13.9. The van der Waals surface area contributed by atoms with Gasteiger partial charge in [-0.3, -0.25) is 9.59 Å². The van der Waals surface area contributed by atoms with Gasteiger partial charge in [0.2, 0.25) is 18.6 Å². The topological polar surface area (TPSA) is 67.9 Å². The summed E-state index contributed by atoms with van der Waals surface area (Å²) in [6, 6.07) is 23.2. The highest BCUT2D eigenvalue weighted by Gasteiger charge is 2.32. The van der Waals surface area contributed by atoms with Gasteiger partial charge in [0, 0.05) is 29.9 Å². The molecule has 1 aliphatic heterocycles. The Morgan fingerprint density at radius 2 is 1.61 bits per heavy atom. The van der Waals surface area contributed by atoms with Crippen LogP contribution in [0.15, 0.2) is 77.3 Å². The summed E-state index contributed by atoms with van der Waals surface area (Å²) in [6.45, 7) is 0.582. The third-order valence-electron chi connectivity index (χ3n) is 7.30. The van der Waals surface area contributed by atoms with Gasteiger partial charge in [-0.15, -0.1) is 0 Å². The third-order valence-corrected chi connectivity index (χ3v) is 7.83. The maximum atomic E-state index is 13.9. The van der Waals surface area contributed by atoms with E-state index >= 15 is 0 Å². The molecule has 6 nitrogen and oxygen atoms in total. The van der Waals surface area contributed by atoms with E-state index in [1.807, 2.05) is 72.8 Å². The van der Waals surface area contributed by atoms with Crippen molar-refractivity contribution in [2.24, 2.45) is 0 Å². The molecular formula is C31H33BrN2O4.